The van der Waals surface area contributed by atoms with Gasteiger partial charge in [-0.3, -0.25) is 9.48 Å². The van der Waals surface area contributed by atoms with Gasteiger partial charge in [0.25, 0.3) is 0 Å². The molecule has 0 radical (unpaired) electrons. The predicted octanol–water partition coefficient (Wildman–Crippen LogP) is 2.60. The van der Waals surface area contributed by atoms with Crippen LogP contribution < -0.4 is 5.32 Å². The third kappa shape index (κ3) is 5.66. The molecule has 9 heteroatoms. The standard InChI is InChI=1S/C20H27N7OS/c1-14(2)11-27-20(22-24-25-27)29-13-19(28)21-10-18-15(3)23-26(16(18)4)12-17-8-6-5-7-9-17/h5-9,14H,10-13H2,1-4H3,(H,21,28). The van der Waals surface area contributed by atoms with Gasteiger partial charge < -0.3 is 5.32 Å². The normalized spacial score (nSPS) is 11.2. The van der Waals surface area contributed by atoms with Crippen LogP contribution in [0, 0.1) is 19.8 Å². The zero-order valence-electron chi connectivity index (χ0n) is 17.3. The van der Waals surface area contributed by atoms with Crippen LogP contribution in [0.25, 0.3) is 0 Å². The minimum absolute atomic E-state index is 0.0521. The number of tetrazole rings is 1. The monoisotopic (exact) mass is 413 g/mol. The molecule has 0 bridgehead atoms. The maximum atomic E-state index is 12.3. The second-order valence-electron chi connectivity index (χ2n) is 7.40. The molecule has 1 aromatic carbocycles. The molecule has 2 aromatic heterocycles. The average molecular weight is 414 g/mol. The second kappa shape index (κ2) is 9.69. The van der Waals surface area contributed by atoms with Crippen molar-refractivity contribution in [3.63, 3.8) is 0 Å². The van der Waals surface area contributed by atoms with E-state index >= 15 is 0 Å². The Balaban J connectivity index is 1.55. The lowest BCUT2D eigenvalue weighted by atomic mass is 10.2. The number of hydrogen-bond acceptors (Lipinski definition) is 6. The number of nitrogens with one attached hydrogen (secondary N) is 1. The van der Waals surface area contributed by atoms with Crippen molar-refractivity contribution in [2.75, 3.05) is 5.75 Å². The molecule has 0 spiro atoms. The van der Waals surface area contributed by atoms with Gasteiger partial charge in [-0.2, -0.15) is 5.10 Å². The highest BCUT2D eigenvalue weighted by molar-refractivity contribution is 7.99. The van der Waals surface area contributed by atoms with E-state index in [1.165, 1.54) is 17.3 Å². The lowest BCUT2D eigenvalue weighted by Crippen LogP contribution is -2.25. The molecule has 0 aliphatic rings. The van der Waals surface area contributed by atoms with Crippen molar-refractivity contribution >= 4 is 17.7 Å². The molecule has 0 unspecified atom stereocenters. The molecule has 0 aliphatic carbocycles. The van der Waals surface area contributed by atoms with Gasteiger partial charge in [-0.15, -0.1) is 5.10 Å². The van der Waals surface area contributed by atoms with Crippen molar-refractivity contribution in [2.24, 2.45) is 5.92 Å². The zero-order valence-corrected chi connectivity index (χ0v) is 18.1. The number of thioether (sulfide) groups is 1. The largest absolute Gasteiger partial charge is 0.351 e. The Labute approximate surface area is 175 Å². The average Bonchev–Trinajstić information content (AvgIpc) is 3.23. The summed E-state index contributed by atoms with van der Waals surface area (Å²) in [6.45, 7) is 10.1. The van der Waals surface area contributed by atoms with E-state index in [9.17, 15) is 4.79 Å². The Morgan fingerprint density at radius 1 is 1.17 bits per heavy atom. The van der Waals surface area contributed by atoms with Gasteiger partial charge in [0.1, 0.15) is 0 Å². The summed E-state index contributed by atoms with van der Waals surface area (Å²) in [4.78, 5) is 12.3. The number of aromatic nitrogens is 6. The van der Waals surface area contributed by atoms with E-state index in [-0.39, 0.29) is 11.7 Å². The molecule has 29 heavy (non-hydrogen) atoms. The molecular formula is C20H27N7OS. The molecule has 2 heterocycles. The van der Waals surface area contributed by atoms with Crippen LogP contribution in [0.1, 0.15) is 36.4 Å². The van der Waals surface area contributed by atoms with Crippen molar-refractivity contribution in [1.82, 2.24) is 35.3 Å². The summed E-state index contributed by atoms with van der Waals surface area (Å²) in [6, 6.07) is 10.2. The highest BCUT2D eigenvalue weighted by atomic mass is 32.2. The topological polar surface area (TPSA) is 90.5 Å². The van der Waals surface area contributed by atoms with Crippen molar-refractivity contribution < 1.29 is 4.79 Å². The van der Waals surface area contributed by atoms with Crippen LogP contribution in [0.15, 0.2) is 35.5 Å². The Morgan fingerprint density at radius 3 is 2.66 bits per heavy atom. The number of hydrogen-bond donors (Lipinski definition) is 1. The minimum atomic E-state index is -0.0521. The Bertz CT molecular complexity index is 949. The maximum absolute atomic E-state index is 12.3. The van der Waals surface area contributed by atoms with Gasteiger partial charge >= 0.3 is 0 Å². The Kier molecular flexibility index (Phi) is 7.03. The first-order valence-corrected chi connectivity index (χ1v) is 10.6. The summed E-state index contributed by atoms with van der Waals surface area (Å²) >= 11 is 1.35. The number of amides is 1. The van der Waals surface area contributed by atoms with Gasteiger partial charge in [0.15, 0.2) is 0 Å². The molecule has 3 rings (SSSR count). The van der Waals surface area contributed by atoms with Gasteiger partial charge in [-0.25, -0.2) is 4.68 Å². The summed E-state index contributed by atoms with van der Waals surface area (Å²) < 4.78 is 3.73. The Hall–Kier alpha value is -2.68. The smallest absolute Gasteiger partial charge is 0.230 e. The molecule has 3 aromatic rings. The maximum Gasteiger partial charge on any atom is 0.230 e. The van der Waals surface area contributed by atoms with Gasteiger partial charge in [0.05, 0.1) is 18.0 Å². The molecule has 0 atom stereocenters. The summed E-state index contributed by atoms with van der Waals surface area (Å²) in [7, 11) is 0. The first-order valence-electron chi connectivity index (χ1n) is 9.66. The van der Waals surface area contributed by atoms with E-state index < -0.39 is 0 Å². The van der Waals surface area contributed by atoms with E-state index in [2.05, 4.69) is 51.9 Å². The first kappa shape index (κ1) is 21.0. The molecule has 8 nitrogen and oxygen atoms in total. The molecule has 1 amide bonds. The summed E-state index contributed by atoms with van der Waals surface area (Å²) in [5, 5.41) is 20.0. The van der Waals surface area contributed by atoms with Crippen LogP contribution in [0.5, 0.6) is 0 Å². The van der Waals surface area contributed by atoms with Crippen LogP contribution in [0.4, 0.5) is 0 Å². The summed E-state index contributed by atoms with van der Waals surface area (Å²) in [5.41, 5.74) is 4.26. The molecule has 154 valence electrons. The molecule has 1 N–H and O–H groups in total. The lowest BCUT2D eigenvalue weighted by molar-refractivity contribution is -0.118. The third-order valence-corrected chi connectivity index (χ3v) is 5.50. The van der Waals surface area contributed by atoms with Crippen LogP contribution in [0.3, 0.4) is 0 Å². The highest BCUT2D eigenvalue weighted by Crippen LogP contribution is 2.16. The van der Waals surface area contributed by atoms with E-state index in [4.69, 9.17) is 0 Å². The fourth-order valence-corrected chi connectivity index (χ4v) is 3.75. The number of aryl methyl sites for hydroxylation is 1. The van der Waals surface area contributed by atoms with Gasteiger partial charge in [0, 0.05) is 24.3 Å². The SMILES string of the molecule is Cc1nn(Cc2ccccc2)c(C)c1CNC(=O)CSc1nnnn1CC(C)C. The third-order valence-electron chi connectivity index (χ3n) is 4.54. The lowest BCUT2D eigenvalue weighted by Gasteiger charge is -2.08. The van der Waals surface area contributed by atoms with E-state index in [1.807, 2.05) is 36.7 Å². The van der Waals surface area contributed by atoms with Crippen LogP contribution >= 0.6 is 11.8 Å². The van der Waals surface area contributed by atoms with Gasteiger partial charge in [0.2, 0.25) is 11.1 Å². The molecular weight excluding hydrogens is 386 g/mol. The van der Waals surface area contributed by atoms with Crippen molar-refractivity contribution in [3.05, 3.63) is 52.8 Å². The zero-order chi connectivity index (χ0) is 20.8. The fraction of sp³-hybridized carbons (Fsp3) is 0.450. The quantitative estimate of drug-likeness (QED) is 0.542. The molecule has 0 saturated carbocycles. The fourth-order valence-electron chi connectivity index (χ4n) is 3.03. The first-order chi connectivity index (χ1) is 13.9. The van der Waals surface area contributed by atoms with E-state index in [0.717, 1.165) is 30.0 Å². The van der Waals surface area contributed by atoms with E-state index in [1.54, 1.807) is 4.68 Å². The Morgan fingerprint density at radius 2 is 1.93 bits per heavy atom. The second-order valence-corrected chi connectivity index (χ2v) is 8.34. The number of rotatable bonds is 9. The minimum Gasteiger partial charge on any atom is -0.351 e. The van der Waals surface area contributed by atoms with Crippen molar-refractivity contribution in [1.29, 1.82) is 0 Å². The summed E-state index contributed by atoms with van der Waals surface area (Å²) in [5.74, 6) is 0.656. The number of carbonyl (C=O) groups excluding carboxylic acids is 1. The predicted molar refractivity (Wildman–Crippen MR) is 112 cm³/mol. The number of carbonyl (C=O) groups is 1. The highest BCUT2D eigenvalue weighted by Gasteiger charge is 2.14. The van der Waals surface area contributed by atoms with Crippen molar-refractivity contribution in [3.8, 4) is 0 Å². The molecule has 0 aliphatic heterocycles. The van der Waals surface area contributed by atoms with Crippen LogP contribution in [-0.4, -0.2) is 41.6 Å². The summed E-state index contributed by atoms with van der Waals surface area (Å²) in [6.07, 6.45) is 0. The number of nitrogens with zero attached hydrogens (tertiary/aromatic N) is 6. The van der Waals surface area contributed by atoms with Gasteiger partial charge in [-0.05, 0) is 35.8 Å². The number of benzene rings is 1. The van der Waals surface area contributed by atoms with Crippen molar-refractivity contribution in [2.45, 2.75) is 52.5 Å². The molecule has 0 fully saturated rings. The van der Waals surface area contributed by atoms with Gasteiger partial charge in [-0.1, -0.05) is 55.9 Å². The van der Waals surface area contributed by atoms with Crippen LogP contribution in [0.2, 0.25) is 0 Å². The molecule has 0 saturated heterocycles. The van der Waals surface area contributed by atoms with Crippen LogP contribution in [-0.2, 0) is 24.4 Å². The van der Waals surface area contributed by atoms with E-state index in [0.29, 0.717) is 17.6 Å².